The highest BCUT2D eigenvalue weighted by atomic mass is 16.6. The monoisotopic (exact) mass is 226 g/mol. The summed E-state index contributed by atoms with van der Waals surface area (Å²) >= 11 is 0. The normalized spacial score (nSPS) is 19.5. The molecule has 92 valence electrons. The fraction of sp³-hybridized carbons (Fsp3) is 0.769. The molecular formula is C13H22O3. The average Bonchev–Trinajstić information content (AvgIpc) is 2.63. The topological polar surface area (TPSA) is 46.5 Å². The SMILES string of the molecule is C=C(C)C(=O)OC(C1CCCC1)C(C)(C)O. The van der Waals surface area contributed by atoms with Gasteiger partial charge in [0, 0.05) is 5.57 Å². The molecule has 3 nitrogen and oxygen atoms in total. The number of aliphatic hydroxyl groups is 1. The maximum absolute atomic E-state index is 11.5. The smallest absolute Gasteiger partial charge is 0.333 e. The van der Waals surface area contributed by atoms with Gasteiger partial charge in [0.05, 0.1) is 5.60 Å². The largest absolute Gasteiger partial charge is 0.456 e. The van der Waals surface area contributed by atoms with Gasteiger partial charge >= 0.3 is 5.97 Å². The third kappa shape index (κ3) is 3.34. The summed E-state index contributed by atoms with van der Waals surface area (Å²) in [5.41, 5.74) is -0.604. The van der Waals surface area contributed by atoms with Gasteiger partial charge in [-0.2, -0.15) is 0 Å². The Morgan fingerprint density at radius 3 is 2.31 bits per heavy atom. The molecule has 0 amide bonds. The minimum Gasteiger partial charge on any atom is -0.456 e. The van der Waals surface area contributed by atoms with E-state index in [1.807, 2.05) is 0 Å². The molecule has 0 radical (unpaired) electrons. The van der Waals surface area contributed by atoms with Crippen molar-refractivity contribution in [1.29, 1.82) is 0 Å². The first-order valence-corrected chi connectivity index (χ1v) is 5.91. The molecule has 1 aliphatic rings. The van der Waals surface area contributed by atoms with Crippen LogP contribution in [-0.4, -0.2) is 22.8 Å². The molecule has 0 aromatic heterocycles. The second-order valence-electron chi connectivity index (χ2n) is 5.30. The summed E-state index contributed by atoms with van der Waals surface area (Å²) in [5, 5.41) is 10.1. The van der Waals surface area contributed by atoms with E-state index < -0.39 is 17.7 Å². The van der Waals surface area contributed by atoms with Gasteiger partial charge in [-0.3, -0.25) is 0 Å². The third-order valence-electron chi connectivity index (χ3n) is 3.11. The Balaban J connectivity index is 2.71. The van der Waals surface area contributed by atoms with Gasteiger partial charge in [0.1, 0.15) is 6.10 Å². The molecule has 0 bridgehead atoms. The van der Waals surface area contributed by atoms with Crippen molar-refractivity contribution in [3.8, 4) is 0 Å². The molecule has 0 saturated heterocycles. The Morgan fingerprint density at radius 1 is 1.44 bits per heavy atom. The number of esters is 1. The van der Waals surface area contributed by atoms with Crippen LogP contribution in [0.15, 0.2) is 12.2 Å². The van der Waals surface area contributed by atoms with Gasteiger partial charge < -0.3 is 9.84 Å². The van der Waals surface area contributed by atoms with Gasteiger partial charge in [0.15, 0.2) is 0 Å². The first-order chi connectivity index (χ1) is 7.32. The third-order valence-corrected chi connectivity index (χ3v) is 3.11. The van der Waals surface area contributed by atoms with E-state index in [0.717, 1.165) is 25.7 Å². The number of ether oxygens (including phenoxy) is 1. The van der Waals surface area contributed by atoms with Crippen LogP contribution in [0.2, 0.25) is 0 Å². The summed E-state index contributed by atoms with van der Waals surface area (Å²) in [7, 11) is 0. The molecule has 1 atom stereocenters. The van der Waals surface area contributed by atoms with Crippen molar-refractivity contribution in [1.82, 2.24) is 0 Å². The number of carbonyl (C=O) groups excluding carboxylic acids is 1. The van der Waals surface area contributed by atoms with E-state index in [1.54, 1.807) is 20.8 Å². The van der Waals surface area contributed by atoms with Crippen LogP contribution >= 0.6 is 0 Å². The molecule has 1 unspecified atom stereocenters. The summed E-state index contributed by atoms with van der Waals surface area (Å²) in [6.45, 7) is 8.58. The zero-order valence-electron chi connectivity index (χ0n) is 10.5. The lowest BCUT2D eigenvalue weighted by Crippen LogP contribution is -2.44. The van der Waals surface area contributed by atoms with E-state index in [4.69, 9.17) is 4.74 Å². The van der Waals surface area contributed by atoms with E-state index in [0.29, 0.717) is 5.57 Å². The van der Waals surface area contributed by atoms with Crippen LogP contribution in [0.5, 0.6) is 0 Å². The maximum atomic E-state index is 11.5. The zero-order chi connectivity index (χ0) is 12.3. The number of rotatable bonds is 4. The van der Waals surface area contributed by atoms with E-state index in [1.165, 1.54) is 0 Å². The van der Waals surface area contributed by atoms with E-state index in [9.17, 15) is 9.90 Å². The van der Waals surface area contributed by atoms with E-state index >= 15 is 0 Å². The summed E-state index contributed by atoms with van der Waals surface area (Å²) in [6.07, 6.45) is 3.94. The Kier molecular flexibility index (Phi) is 4.14. The van der Waals surface area contributed by atoms with Crippen LogP contribution in [-0.2, 0) is 9.53 Å². The fourth-order valence-corrected chi connectivity index (χ4v) is 2.29. The molecule has 0 aromatic rings. The highest BCUT2D eigenvalue weighted by Gasteiger charge is 2.38. The molecule has 0 heterocycles. The van der Waals surface area contributed by atoms with Crippen LogP contribution in [0.1, 0.15) is 46.5 Å². The van der Waals surface area contributed by atoms with Crippen molar-refractivity contribution in [2.24, 2.45) is 5.92 Å². The maximum Gasteiger partial charge on any atom is 0.333 e. The molecule has 1 saturated carbocycles. The summed E-state index contributed by atoms with van der Waals surface area (Å²) < 4.78 is 5.37. The first-order valence-electron chi connectivity index (χ1n) is 5.91. The van der Waals surface area contributed by atoms with Crippen LogP contribution in [0.4, 0.5) is 0 Å². The lowest BCUT2D eigenvalue weighted by molar-refractivity contribution is -0.163. The summed E-state index contributed by atoms with van der Waals surface area (Å²) in [6, 6.07) is 0. The van der Waals surface area contributed by atoms with Gasteiger partial charge in [0.2, 0.25) is 0 Å². The van der Waals surface area contributed by atoms with E-state index in [2.05, 4.69) is 6.58 Å². The van der Waals surface area contributed by atoms with Gasteiger partial charge in [-0.25, -0.2) is 4.79 Å². The number of carbonyl (C=O) groups is 1. The van der Waals surface area contributed by atoms with Gasteiger partial charge in [-0.15, -0.1) is 0 Å². The Labute approximate surface area is 97.5 Å². The van der Waals surface area contributed by atoms with Crippen LogP contribution in [0.3, 0.4) is 0 Å². The Hall–Kier alpha value is -0.830. The van der Waals surface area contributed by atoms with Crippen molar-refractivity contribution in [2.45, 2.75) is 58.2 Å². The molecule has 1 aliphatic carbocycles. The van der Waals surface area contributed by atoms with Crippen molar-refractivity contribution in [3.63, 3.8) is 0 Å². The molecule has 0 spiro atoms. The summed E-state index contributed by atoms with van der Waals surface area (Å²) in [4.78, 5) is 11.5. The highest BCUT2D eigenvalue weighted by Crippen LogP contribution is 2.34. The Morgan fingerprint density at radius 2 is 1.94 bits per heavy atom. The molecular weight excluding hydrogens is 204 g/mol. The second kappa shape index (κ2) is 5.00. The predicted molar refractivity (Wildman–Crippen MR) is 62.9 cm³/mol. The molecule has 1 rings (SSSR count). The van der Waals surface area contributed by atoms with Gasteiger partial charge in [0.25, 0.3) is 0 Å². The quantitative estimate of drug-likeness (QED) is 0.591. The van der Waals surface area contributed by atoms with Crippen molar-refractivity contribution in [2.75, 3.05) is 0 Å². The molecule has 1 N–H and O–H groups in total. The zero-order valence-corrected chi connectivity index (χ0v) is 10.5. The summed E-state index contributed by atoms with van der Waals surface area (Å²) in [5.74, 6) is -0.123. The van der Waals surface area contributed by atoms with Gasteiger partial charge in [-0.1, -0.05) is 19.4 Å². The van der Waals surface area contributed by atoms with Crippen LogP contribution < -0.4 is 0 Å². The molecule has 16 heavy (non-hydrogen) atoms. The standard InChI is InChI=1S/C13H22O3/c1-9(2)12(14)16-11(13(3,4)15)10-7-5-6-8-10/h10-11,15H,1,5-8H2,2-4H3. The predicted octanol–water partition coefficient (Wildman–Crippen LogP) is 2.44. The van der Waals surface area contributed by atoms with Crippen LogP contribution in [0, 0.1) is 5.92 Å². The van der Waals surface area contributed by atoms with E-state index in [-0.39, 0.29) is 5.92 Å². The fourth-order valence-electron chi connectivity index (χ4n) is 2.29. The highest BCUT2D eigenvalue weighted by molar-refractivity contribution is 5.87. The molecule has 0 aromatic carbocycles. The first kappa shape index (κ1) is 13.2. The van der Waals surface area contributed by atoms with Crippen LogP contribution in [0.25, 0.3) is 0 Å². The molecule has 3 heteroatoms. The lowest BCUT2D eigenvalue weighted by atomic mass is 9.88. The minimum absolute atomic E-state index is 0.281. The second-order valence-corrected chi connectivity index (χ2v) is 5.30. The van der Waals surface area contributed by atoms with Crippen molar-refractivity contribution in [3.05, 3.63) is 12.2 Å². The molecule has 0 aliphatic heterocycles. The lowest BCUT2D eigenvalue weighted by Gasteiger charge is -2.33. The number of hydrogen-bond donors (Lipinski definition) is 1. The molecule has 1 fully saturated rings. The number of hydrogen-bond acceptors (Lipinski definition) is 3. The van der Waals surface area contributed by atoms with Crippen molar-refractivity contribution < 1.29 is 14.6 Å². The van der Waals surface area contributed by atoms with Crippen molar-refractivity contribution >= 4 is 5.97 Å². The van der Waals surface area contributed by atoms with Gasteiger partial charge in [-0.05, 0) is 39.5 Å². The Bertz CT molecular complexity index is 269. The minimum atomic E-state index is -0.986. The average molecular weight is 226 g/mol.